The van der Waals surface area contributed by atoms with E-state index in [1.165, 1.54) is 6.20 Å². The third-order valence-corrected chi connectivity index (χ3v) is 5.99. The monoisotopic (exact) mass is 353 g/mol. The van der Waals surface area contributed by atoms with E-state index in [-0.39, 0.29) is 10.9 Å². The molecular formula is C19H19N3O2S. The number of nitrogens with zero attached hydrogens (tertiary/aromatic N) is 2. The molecule has 1 N–H and O–H groups in total. The highest BCUT2D eigenvalue weighted by atomic mass is 32.2. The summed E-state index contributed by atoms with van der Waals surface area (Å²) in [5, 5.41) is 0.822. The molecule has 4 rings (SSSR count). The van der Waals surface area contributed by atoms with Crippen molar-refractivity contribution >= 4 is 26.6 Å². The molecule has 0 spiro atoms. The number of hydrogen-bond acceptors (Lipinski definition) is 4. The molecule has 25 heavy (non-hydrogen) atoms. The van der Waals surface area contributed by atoms with Crippen LogP contribution in [-0.2, 0) is 10.0 Å². The molecule has 1 atom stereocenters. The van der Waals surface area contributed by atoms with Gasteiger partial charge in [0, 0.05) is 36.4 Å². The molecule has 1 aliphatic rings. The van der Waals surface area contributed by atoms with Crippen LogP contribution in [0.4, 0.5) is 5.69 Å². The summed E-state index contributed by atoms with van der Waals surface area (Å²) in [7, 11) is -3.58. The van der Waals surface area contributed by atoms with Crippen molar-refractivity contribution in [3.05, 3.63) is 66.9 Å². The fourth-order valence-electron chi connectivity index (χ4n) is 3.22. The zero-order valence-electron chi connectivity index (χ0n) is 13.7. The van der Waals surface area contributed by atoms with Crippen molar-refractivity contribution in [1.29, 1.82) is 0 Å². The predicted octanol–water partition coefficient (Wildman–Crippen LogP) is 2.79. The van der Waals surface area contributed by atoms with Crippen molar-refractivity contribution in [3.8, 4) is 0 Å². The lowest BCUT2D eigenvalue weighted by Crippen LogP contribution is -2.37. The summed E-state index contributed by atoms with van der Waals surface area (Å²) >= 11 is 0. The van der Waals surface area contributed by atoms with Gasteiger partial charge in [-0.3, -0.25) is 4.98 Å². The van der Waals surface area contributed by atoms with Crippen molar-refractivity contribution in [2.24, 2.45) is 0 Å². The molecule has 1 aliphatic heterocycles. The molecule has 2 aromatic carbocycles. The first-order valence-corrected chi connectivity index (χ1v) is 9.77. The van der Waals surface area contributed by atoms with Crippen LogP contribution in [0.25, 0.3) is 10.9 Å². The number of nitrogens with one attached hydrogen (secondary N) is 1. The van der Waals surface area contributed by atoms with Gasteiger partial charge in [0.1, 0.15) is 4.90 Å². The number of aromatic nitrogens is 1. The van der Waals surface area contributed by atoms with Crippen LogP contribution in [0.2, 0.25) is 0 Å². The fraction of sp³-hybridized carbons (Fsp3) is 0.211. The highest BCUT2D eigenvalue weighted by Gasteiger charge is 2.27. The summed E-state index contributed by atoms with van der Waals surface area (Å²) in [6, 6.07) is 19.1. The van der Waals surface area contributed by atoms with Crippen LogP contribution < -0.4 is 9.62 Å². The highest BCUT2D eigenvalue weighted by Crippen LogP contribution is 2.22. The lowest BCUT2D eigenvalue weighted by Gasteiger charge is -2.19. The Morgan fingerprint density at radius 3 is 2.64 bits per heavy atom. The van der Waals surface area contributed by atoms with Crippen LogP contribution in [0.5, 0.6) is 0 Å². The lowest BCUT2D eigenvalue weighted by molar-refractivity contribution is 0.561. The molecule has 1 fully saturated rings. The van der Waals surface area contributed by atoms with E-state index in [0.29, 0.717) is 6.54 Å². The summed E-state index contributed by atoms with van der Waals surface area (Å²) in [6.07, 6.45) is 2.21. The molecule has 0 aliphatic carbocycles. The van der Waals surface area contributed by atoms with Gasteiger partial charge in [0.2, 0.25) is 10.0 Å². The number of fused-ring (bicyclic) bond motifs is 1. The molecule has 5 nitrogen and oxygen atoms in total. The summed E-state index contributed by atoms with van der Waals surface area (Å²) in [5.41, 5.74) is 1.91. The third-order valence-electron chi connectivity index (χ3n) is 4.51. The maximum Gasteiger partial charge on any atom is 0.242 e. The number of para-hydroxylation sites is 2. The minimum atomic E-state index is -3.58. The van der Waals surface area contributed by atoms with Gasteiger partial charge in [-0.15, -0.1) is 0 Å². The maximum atomic E-state index is 12.7. The molecule has 6 heteroatoms. The van der Waals surface area contributed by atoms with Gasteiger partial charge in [0.25, 0.3) is 0 Å². The maximum absolute atomic E-state index is 12.7. The molecule has 0 saturated carbocycles. The number of rotatable bonds is 4. The Labute approximate surface area is 147 Å². The normalized spacial score (nSPS) is 17.9. The number of benzene rings is 2. The van der Waals surface area contributed by atoms with E-state index in [1.807, 2.05) is 54.6 Å². The standard InChI is InChI=1S/C19H19N3O2S/c23-25(24,18-12-15-6-4-5-9-19(15)20-13-18)21-16-10-11-22(14-16)17-7-2-1-3-8-17/h1-9,12-13,16,21H,10-11,14H2. The summed E-state index contributed by atoms with van der Waals surface area (Å²) in [6.45, 7) is 1.51. The van der Waals surface area contributed by atoms with Gasteiger partial charge in [0.15, 0.2) is 0 Å². The van der Waals surface area contributed by atoms with E-state index < -0.39 is 10.0 Å². The van der Waals surface area contributed by atoms with Crippen LogP contribution in [0.1, 0.15) is 6.42 Å². The van der Waals surface area contributed by atoms with Crippen molar-refractivity contribution in [3.63, 3.8) is 0 Å². The first-order chi connectivity index (χ1) is 12.1. The molecule has 0 amide bonds. The Morgan fingerprint density at radius 2 is 1.80 bits per heavy atom. The van der Waals surface area contributed by atoms with Gasteiger partial charge >= 0.3 is 0 Å². The van der Waals surface area contributed by atoms with Gasteiger partial charge in [-0.2, -0.15) is 0 Å². The van der Waals surface area contributed by atoms with Gasteiger partial charge in [0.05, 0.1) is 5.52 Å². The van der Waals surface area contributed by atoms with Crippen LogP contribution in [0, 0.1) is 0 Å². The molecule has 1 aromatic heterocycles. The Morgan fingerprint density at radius 1 is 1.04 bits per heavy atom. The molecular weight excluding hydrogens is 334 g/mol. The zero-order chi connectivity index (χ0) is 17.3. The van der Waals surface area contributed by atoms with E-state index in [9.17, 15) is 8.42 Å². The van der Waals surface area contributed by atoms with Crippen LogP contribution >= 0.6 is 0 Å². The first-order valence-electron chi connectivity index (χ1n) is 8.29. The molecule has 2 heterocycles. The number of hydrogen-bond donors (Lipinski definition) is 1. The van der Waals surface area contributed by atoms with Crippen LogP contribution in [0.15, 0.2) is 71.8 Å². The minimum Gasteiger partial charge on any atom is -0.370 e. The summed E-state index contributed by atoms with van der Waals surface area (Å²) in [4.78, 5) is 6.67. The van der Waals surface area contributed by atoms with Gasteiger partial charge < -0.3 is 4.90 Å². The van der Waals surface area contributed by atoms with Gasteiger partial charge in [-0.05, 0) is 30.7 Å². The summed E-state index contributed by atoms with van der Waals surface area (Å²) in [5.74, 6) is 0. The smallest absolute Gasteiger partial charge is 0.242 e. The van der Waals surface area contributed by atoms with E-state index in [4.69, 9.17) is 0 Å². The number of pyridine rings is 1. The molecule has 0 radical (unpaired) electrons. The Kier molecular flexibility index (Phi) is 4.15. The average molecular weight is 353 g/mol. The molecule has 128 valence electrons. The van der Waals surface area contributed by atoms with Gasteiger partial charge in [-0.1, -0.05) is 36.4 Å². The Balaban J connectivity index is 1.51. The quantitative estimate of drug-likeness (QED) is 0.783. The van der Waals surface area contributed by atoms with Crippen LogP contribution in [-0.4, -0.2) is 32.5 Å². The predicted molar refractivity (Wildman–Crippen MR) is 99.1 cm³/mol. The molecule has 3 aromatic rings. The Bertz CT molecular complexity index is 990. The topological polar surface area (TPSA) is 62.3 Å². The minimum absolute atomic E-state index is 0.100. The second kappa shape index (κ2) is 6.46. The van der Waals surface area contributed by atoms with Crippen molar-refractivity contribution in [2.75, 3.05) is 18.0 Å². The number of sulfonamides is 1. The molecule has 1 unspecified atom stereocenters. The average Bonchev–Trinajstić information content (AvgIpc) is 3.10. The van der Waals surface area contributed by atoms with Crippen molar-refractivity contribution in [1.82, 2.24) is 9.71 Å². The largest absolute Gasteiger partial charge is 0.370 e. The lowest BCUT2D eigenvalue weighted by atomic mass is 10.2. The van der Waals surface area contributed by atoms with E-state index in [2.05, 4.69) is 14.6 Å². The fourth-order valence-corrected chi connectivity index (χ4v) is 4.46. The van der Waals surface area contributed by atoms with Crippen LogP contribution in [0.3, 0.4) is 0 Å². The number of anilines is 1. The zero-order valence-corrected chi connectivity index (χ0v) is 14.5. The van der Waals surface area contributed by atoms with Crippen molar-refractivity contribution < 1.29 is 8.42 Å². The molecule has 0 bridgehead atoms. The van der Waals surface area contributed by atoms with Gasteiger partial charge in [-0.25, -0.2) is 13.1 Å². The highest BCUT2D eigenvalue weighted by molar-refractivity contribution is 7.89. The summed E-state index contributed by atoms with van der Waals surface area (Å²) < 4.78 is 28.2. The molecule has 1 saturated heterocycles. The van der Waals surface area contributed by atoms with E-state index in [1.54, 1.807) is 6.07 Å². The SMILES string of the molecule is O=S(=O)(NC1CCN(c2ccccc2)C1)c1cnc2ccccc2c1. The van der Waals surface area contributed by atoms with E-state index >= 15 is 0 Å². The Hall–Kier alpha value is -2.44. The second-order valence-corrected chi connectivity index (χ2v) is 7.97. The second-order valence-electron chi connectivity index (χ2n) is 6.25. The van der Waals surface area contributed by atoms with E-state index in [0.717, 1.165) is 29.6 Å². The third kappa shape index (κ3) is 3.36. The van der Waals surface area contributed by atoms with Crippen molar-refractivity contribution in [2.45, 2.75) is 17.4 Å². The first kappa shape index (κ1) is 16.1.